The summed E-state index contributed by atoms with van der Waals surface area (Å²) in [4.78, 5) is 21.5. The molecular formula is C13H11N3OS. The van der Waals surface area contributed by atoms with E-state index in [0.717, 1.165) is 16.2 Å². The Labute approximate surface area is 108 Å². The predicted molar refractivity (Wildman–Crippen MR) is 70.1 cm³/mol. The van der Waals surface area contributed by atoms with E-state index in [1.165, 1.54) is 0 Å². The lowest BCUT2D eigenvalue weighted by Crippen LogP contribution is -2.06. The molecule has 3 heterocycles. The van der Waals surface area contributed by atoms with Gasteiger partial charge in [0.2, 0.25) is 0 Å². The molecule has 3 aromatic heterocycles. The topological polar surface area (TPSA) is 47.3 Å². The summed E-state index contributed by atoms with van der Waals surface area (Å²) in [5, 5.41) is 1.97. The highest BCUT2D eigenvalue weighted by atomic mass is 32.1. The number of carbonyl (C=O) groups excluding carboxylic acids is 1. The third kappa shape index (κ3) is 2.04. The van der Waals surface area contributed by atoms with E-state index in [9.17, 15) is 4.79 Å². The van der Waals surface area contributed by atoms with E-state index < -0.39 is 0 Å². The van der Waals surface area contributed by atoms with Gasteiger partial charge >= 0.3 is 0 Å². The normalized spacial score (nSPS) is 10.9. The van der Waals surface area contributed by atoms with Crippen LogP contribution in [-0.4, -0.2) is 20.2 Å². The molecular weight excluding hydrogens is 246 g/mol. The second-order valence-electron chi connectivity index (χ2n) is 4.14. The van der Waals surface area contributed by atoms with Crippen LogP contribution in [0.5, 0.6) is 0 Å². The molecule has 0 bridgehead atoms. The van der Waals surface area contributed by atoms with Crippen molar-refractivity contribution in [2.45, 2.75) is 13.3 Å². The maximum atomic E-state index is 12.1. The molecule has 90 valence electrons. The summed E-state index contributed by atoms with van der Waals surface area (Å²) in [7, 11) is 0. The van der Waals surface area contributed by atoms with Crippen LogP contribution in [0.1, 0.15) is 21.7 Å². The van der Waals surface area contributed by atoms with E-state index in [1.807, 2.05) is 35.2 Å². The zero-order chi connectivity index (χ0) is 12.5. The van der Waals surface area contributed by atoms with Crippen LogP contribution < -0.4 is 0 Å². The molecule has 0 radical (unpaired) electrons. The van der Waals surface area contributed by atoms with Gasteiger partial charge in [-0.1, -0.05) is 0 Å². The third-order valence-corrected chi connectivity index (χ3v) is 3.46. The first-order chi connectivity index (χ1) is 8.72. The Hall–Kier alpha value is -2.01. The predicted octanol–water partition coefficient (Wildman–Crippen LogP) is 2.52. The van der Waals surface area contributed by atoms with Crippen molar-refractivity contribution in [3.05, 3.63) is 53.1 Å². The molecule has 0 aromatic carbocycles. The summed E-state index contributed by atoms with van der Waals surface area (Å²) in [5.74, 6) is 0.00412. The first-order valence-corrected chi connectivity index (χ1v) is 6.47. The maximum absolute atomic E-state index is 12.1. The van der Waals surface area contributed by atoms with Gasteiger partial charge in [0.15, 0.2) is 10.7 Å². The van der Waals surface area contributed by atoms with Crippen molar-refractivity contribution in [3.63, 3.8) is 0 Å². The van der Waals surface area contributed by atoms with Crippen molar-refractivity contribution in [3.8, 4) is 0 Å². The lowest BCUT2D eigenvalue weighted by Gasteiger charge is -1.98. The fourth-order valence-electron chi connectivity index (χ4n) is 1.80. The zero-order valence-corrected chi connectivity index (χ0v) is 10.6. The Morgan fingerprint density at radius 3 is 3.17 bits per heavy atom. The molecule has 4 nitrogen and oxygen atoms in total. The van der Waals surface area contributed by atoms with Crippen molar-refractivity contribution in [2.75, 3.05) is 0 Å². The smallest absolute Gasteiger partial charge is 0.193 e. The van der Waals surface area contributed by atoms with E-state index in [1.54, 1.807) is 23.6 Å². The molecule has 0 fully saturated rings. The number of pyridine rings is 1. The summed E-state index contributed by atoms with van der Waals surface area (Å²) < 4.78 is 1.93. The number of carbonyl (C=O) groups is 1. The molecule has 0 unspecified atom stereocenters. The van der Waals surface area contributed by atoms with Crippen molar-refractivity contribution in [1.29, 1.82) is 0 Å². The molecule has 3 aromatic rings. The SMILES string of the molecule is Cc1ccnc(C(=O)Cc2cn3ccsc3n2)c1. The average molecular weight is 257 g/mol. The minimum atomic E-state index is 0.00412. The highest BCUT2D eigenvalue weighted by molar-refractivity contribution is 7.15. The van der Waals surface area contributed by atoms with Crippen LogP contribution in [0.4, 0.5) is 0 Å². The third-order valence-electron chi connectivity index (χ3n) is 2.69. The van der Waals surface area contributed by atoms with E-state index in [4.69, 9.17) is 0 Å². The van der Waals surface area contributed by atoms with Crippen LogP contribution in [0, 0.1) is 6.92 Å². The molecule has 0 N–H and O–H groups in total. The second-order valence-corrected chi connectivity index (χ2v) is 5.02. The molecule has 18 heavy (non-hydrogen) atoms. The molecule has 5 heteroatoms. The summed E-state index contributed by atoms with van der Waals surface area (Å²) >= 11 is 1.56. The standard InChI is InChI=1S/C13H11N3OS/c1-9-2-3-14-11(6-9)12(17)7-10-8-16-4-5-18-13(16)15-10/h2-6,8H,7H2,1H3. The fraction of sp³-hybridized carbons (Fsp3) is 0.154. The molecule has 0 aliphatic rings. The van der Waals surface area contributed by atoms with Gasteiger partial charge in [-0.05, 0) is 24.6 Å². The average Bonchev–Trinajstić information content (AvgIpc) is 2.89. The van der Waals surface area contributed by atoms with E-state index >= 15 is 0 Å². The van der Waals surface area contributed by atoms with E-state index in [0.29, 0.717) is 12.1 Å². The number of thiazole rings is 1. The number of rotatable bonds is 3. The largest absolute Gasteiger partial charge is 0.297 e. The van der Waals surface area contributed by atoms with Crippen LogP contribution in [0.2, 0.25) is 0 Å². The van der Waals surface area contributed by atoms with Crippen molar-refractivity contribution < 1.29 is 4.79 Å². The fourth-order valence-corrected chi connectivity index (χ4v) is 2.52. The molecule has 0 aliphatic heterocycles. The van der Waals surface area contributed by atoms with Crippen LogP contribution >= 0.6 is 11.3 Å². The van der Waals surface area contributed by atoms with Gasteiger partial charge < -0.3 is 0 Å². The molecule has 0 amide bonds. The number of aromatic nitrogens is 3. The Kier molecular flexibility index (Phi) is 2.68. The first kappa shape index (κ1) is 11.1. The molecule has 0 atom stereocenters. The van der Waals surface area contributed by atoms with Gasteiger partial charge in [0.25, 0.3) is 0 Å². The Morgan fingerprint density at radius 1 is 1.50 bits per heavy atom. The maximum Gasteiger partial charge on any atom is 0.193 e. The highest BCUT2D eigenvalue weighted by Crippen LogP contribution is 2.13. The van der Waals surface area contributed by atoms with Crippen molar-refractivity contribution in [1.82, 2.24) is 14.4 Å². The number of nitrogens with zero attached hydrogens (tertiary/aromatic N) is 3. The van der Waals surface area contributed by atoms with E-state index in [2.05, 4.69) is 9.97 Å². The number of hydrogen-bond donors (Lipinski definition) is 0. The zero-order valence-electron chi connectivity index (χ0n) is 9.83. The lowest BCUT2D eigenvalue weighted by molar-refractivity contribution is 0.0987. The number of hydrogen-bond acceptors (Lipinski definition) is 4. The van der Waals surface area contributed by atoms with Crippen molar-refractivity contribution >= 4 is 22.1 Å². The molecule has 0 saturated carbocycles. The Bertz CT molecular complexity index is 685. The monoisotopic (exact) mass is 257 g/mol. The second kappa shape index (κ2) is 4.34. The number of ketones is 1. The van der Waals surface area contributed by atoms with Gasteiger partial charge in [-0.2, -0.15) is 0 Å². The summed E-state index contributed by atoms with van der Waals surface area (Å²) in [6.07, 6.45) is 5.78. The summed E-state index contributed by atoms with van der Waals surface area (Å²) in [5.41, 5.74) is 2.33. The number of imidazole rings is 1. The minimum absolute atomic E-state index is 0.00412. The van der Waals surface area contributed by atoms with Gasteiger partial charge in [-0.25, -0.2) is 4.98 Å². The lowest BCUT2D eigenvalue weighted by atomic mass is 10.1. The number of Topliss-reactive ketones (excluding diaryl/α,β-unsaturated/α-hetero) is 1. The van der Waals surface area contributed by atoms with Gasteiger partial charge in [-0.3, -0.25) is 14.2 Å². The minimum Gasteiger partial charge on any atom is -0.297 e. The highest BCUT2D eigenvalue weighted by Gasteiger charge is 2.11. The van der Waals surface area contributed by atoms with Crippen LogP contribution in [0.15, 0.2) is 36.1 Å². The van der Waals surface area contributed by atoms with Gasteiger partial charge in [0, 0.05) is 24.0 Å². The van der Waals surface area contributed by atoms with Crippen LogP contribution in [0.3, 0.4) is 0 Å². The van der Waals surface area contributed by atoms with Crippen LogP contribution in [0.25, 0.3) is 4.96 Å². The number of aryl methyl sites for hydroxylation is 1. The van der Waals surface area contributed by atoms with Crippen molar-refractivity contribution in [2.24, 2.45) is 0 Å². The van der Waals surface area contributed by atoms with E-state index in [-0.39, 0.29) is 5.78 Å². The Balaban J connectivity index is 1.84. The van der Waals surface area contributed by atoms with Gasteiger partial charge in [0.05, 0.1) is 12.1 Å². The molecule has 0 aliphatic carbocycles. The first-order valence-electron chi connectivity index (χ1n) is 5.59. The molecule has 3 rings (SSSR count). The molecule has 0 saturated heterocycles. The quantitative estimate of drug-likeness (QED) is 0.677. The Morgan fingerprint density at radius 2 is 2.39 bits per heavy atom. The summed E-state index contributed by atoms with van der Waals surface area (Å²) in [6.45, 7) is 1.95. The van der Waals surface area contributed by atoms with Gasteiger partial charge in [-0.15, -0.1) is 11.3 Å². The van der Waals surface area contributed by atoms with Crippen LogP contribution in [-0.2, 0) is 6.42 Å². The number of fused-ring (bicyclic) bond motifs is 1. The molecule has 0 spiro atoms. The summed E-state index contributed by atoms with van der Waals surface area (Å²) in [6, 6.07) is 3.68. The van der Waals surface area contributed by atoms with Gasteiger partial charge in [0.1, 0.15) is 5.69 Å².